The van der Waals surface area contributed by atoms with E-state index in [1.54, 1.807) is 0 Å². The van der Waals surface area contributed by atoms with E-state index in [2.05, 4.69) is 10.6 Å². The maximum absolute atomic E-state index is 11.3. The maximum Gasteiger partial charge on any atom is 0.218 e. The van der Waals surface area contributed by atoms with Crippen molar-refractivity contribution >= 4 is 11.6 Å². The van der Waals surface area contributed by atoms with Crippen LogP contribution in [0.4, 0.5) is 5.69 Å². The predicted molar refractivity (Wildman–Crippen MR) is 73.1 cm³/mol. The molecule has 3 nitrogen and oxygen atoms in total. The van der Waals surface area contributed by atoms with Crippen molar-refractivity contribution in [1.82, 2.24) is 5.32 Å². The van der Waals surface area contributed by atoms with Crippen LogP contribution in [0.1, 0.15) is 18.7 Å². The third kappa shape index (κ3) is 3.35. The highest BCUT2D eigenvalue weighted by Gasteiger charge is 2.11. The summed E-state index contributed by atoms with van der Waals surface area (Å²) in [4.78, 5) is 11.3. The van der Waals surface area contributed by atoms with Crippen LogP contribution in [0.5, 0.6) is 0 Å². The Kier molecular flexibility index (Phi) is 3.97. The summed E-state index contributed by atoms with van der Waals surface area (Å²) in [7, 11) is 0. The Hall–Kier alpha value is -2.29. The van der Waals surface area contributed by atoms with Crippen molar-refractivity contribution < 1.29 is 4.79 Å². The lowest BCUT2D eigenvalue weighted by molar-refractivity contribution is -0.119. The standard InChI is InChI=1S/C15H16N2O/c1-12(18)16-15(13-8-4-2-5-9-13)17-14-10-6-3-7-11-14/h2-11,15,17H,1H3,(H,16,18). The topological polar surface area (TPSA) is 41.1 Å². The summed E-state index contributed by atoms with van der Waals surface area (Å²) in [6.45, 7) is 1.52. The molecule has 1 amide bonds. The first kappa shape index (κ1) is 12.2. The Morgan fingerprint density at radius 3 is 2.06 bits per heavy atom. The monoisotopic (exact) mass is 240 g/mol. The van der Waals surface area contributed by atoms with E-state index in [1.807, 2.05) is 60.7 Å². The quantitative estimate of drug-likeness (QED) is 0.807. The zero-order valence-corrected chi connectivity index (χ0v) is 10.3. The number of hydrogen-bond acceptors (Lipinski definition) is 2. The normalized spacial score (nSPS) is 11.6. The molecule has 0 aliphatic carbocycles. The van der Waals surface area contributed by atoms with Gasteiger partial charge in [0.05, 0.1) is 0 Å². The Labute approximate surface area is 107 Å². The molecule has 0 spiro atoms. The van der Waals surface area contributed by atoms with Crippen molar-refractivity contribution in [2.24, 2.45) is 0 Å². The van der Waals surface area contributed by atoms with Crippen LogP contribution in [0.2, 0.25) is 0 Å². The SMILES string of the molecule is CC(=O)NC(Nc1ccccc1)c1ccccc1. The number of amides is 1. The first-order chi connectivity index (χ1) is 8.75. The zero-order chi connectivity index (χ0) is 12.8. The minimum absolute atomic E-state index is 0.0627. The molecule has 0 fully saturated rings. The molecule has 0 saturated carbocycles. The fourth-order valence-corrected chi connectivity index (χ4v) is 1.75. The molecule has 0 saturated heterocycles. The van der Waals surface area contributed by atoms with Gasteiger partial charge in [0.15, 0.2) is 0 Å². The predicted octanol–water partition coefficient (Wildman–Crippen LogP) is 2.93. The second-order valence-electron chi connectivity index (χ2n) is 4.05. The van der Waals surface area contributed by atoms with Gasteiger partial charge in [-0.15, -0.1) is 0 Å². The molecule has 0 heterocycles. The number of hydrogen-bond donors (Lipinski definition) is 2. The zero-order valence-electron chi connectivity index (χ0n) is 10.3. The fourth-order valence-electron chi connectivity index (χ4n) is 1.75. The summed E-state index contributed by atoms with van der Waals surface area (Å²) >= 11 is 0. The molecule has 18 heavy (non-hydrogen) atoms. The van der Waals surface area contributed by atoms with Crippen molar-refractivity contribution in [2.75, 3.05) is 5.32 Å². The van der Waals surface area contributed by atoms with Crippen LogP contribution in [0.15, 0.2) is 60.7 Å². The van der Waals surface area contributed by atoms with Gasteiger partial charge in [-0.1, -0.05) is 48.5 Å². The lowest BCUT2D eigenvalue weighted by Crippen LogP contribution is -2.31. The molecular formula is C15H16N2O. The highest BCUT2D eigenvalue weighted by Crippen LogP contribution is 2.16. The van der Waals surface area contributed by atoms with E-state index >= 15 is 0 Å². The number of anilines is 1. The van der Waals surface area contributed by atoms with E-state index in [-0.39, 0.29) is 12.1 Å². The van der Waals surface area contributed by atoms with Gasteiger partial charge in [-0.3, -0.25) is 4.79 Å². The average molecular weight is 240 g/mol. The smallest absolute Gasteiger partial charge is 0.218 e. The van der Waals surface area contributed by atoms with Crippen molar-refractivity contribution in [2.45, 2.75) is 13.1 Å². The first-order valence-electron chi connectivity index (χ1n) is 5.89. The van der Waals surface area contributed by atoms with Gasteiger partial charge in [-0.05, 0) is 17.7 Å². The van der Waals surface area contributed by atoms with Gasteiger partial charge >= 0.3 is 0 Å². The molecule has 2 rings (SSSR count). The third-order valence-corrected chi connectivity index (χ3v) is 2.57. The van der Waals surface area contributed by atoms with Gasteiger partial charge in [0.25, 0.3) is 0 Å². The van der Waals surface area contributed by atoms with Crippen LogP contribution in [0, 0.1) is 0 Å². The highest BCUT2D eigenvalue weighted by molar-refractivity contribution is 5.74. The Bertz CT molecular complexity index is 496. The van der Waals surface area contributed by atoms with Crippen LogP contribution in [-0.2, 0) is 4.79 Å². The fraction of sp³-hybridized carbons (Fsp3) is 0.133. The number of para-hydroxylation sites is 1. The van der Waals surface area contributed by atoms with Crippen molar-refractivity contribution in [1.29, 1.82) is 0 Å². The minimum Gasteiger partial charge on any atom is -0.362 e. The van der Waals surface area contributed by atoms with E-state index in [1.165, 1.54) is 6.92 Å². The van der Waals surface area contributed by atoms with E-state index in [4.69, 9.17) is 0 Å². The largest absolute Gasteiger partial charge is 0.362 e. The van der Waals surface area contributed by atoms with Gasteiger partial charge in [0.2, 0.25) is 5.91 Å². The van der Waals surface area contributed by atoms with Crippen molar-refractivity contribution in [3.63, 3.8) is 0 Å². The summed E-state index contributed by atoms with van der Waals surface area (Å²) in [6, 6.07) is 19.6. The first-order valence-corrected chi connectivity index (χ1v) is 5.89. The van der Waals surface area contributed by atoms with Gasteiger partial charge in [0.1, 0.15) is 6.17 Å². The second kappa shape index (κ2) is 5.87. The van der Waals surface area contributed by atoms with Gasteiger partial charge in [0, 0.05) is 12.6 Å². The van der Waals surface area contributed by atoms with E-state index in [0.29, 0.717) is 0 Å². The van der Waals surface area contributed by atoms with Gasteiger partial charge in [-0.2, -0.15) is 0 Å². The Morgan fingerprint density at radius 1 is 0.944 bits per heavy atom. The molecule has 2 N–H and O–H groups in total. The average Bonchev–Trinajstić information content (AvgIpc) is 2.40. The number of rotatable bonds is 4. The molecule has 3 heteroatoms. The van der Waals surface area contributed by atoms with Gasteiger partial charge in [-0.25, -0.2) is 0 Å². The van der Waals surface area contributed by atoms with Crippen LogP contribution >= 0.6 is 0 Å². The summed E-state index contributed by atoms with van der Waals surface area (Å²) < 4.78 is 0. The van der Waals surface area contributed by atoms with Crippen LogP contribution in [0.3, 0.4) is 0 Å². The summed E-state index contributed by atoms with van der Waals surface area (Å²) in [5.74, 6) is -0.0627. The number of benzene rings is 2. The summed E-state index contributed by atoms with van der Waals surface area (Å²) in [5, 5.41) is 6.19. The molecule has 0 radical (unpaired) electrons. The lowest BCUT2D eigenvalue weighted by Gasteiger charge is -2.21. The van der Waals surface area contributed by atoms with E-state index in [9.17, 15) is 4.79 Å². The number of carbonyl (C=O) groups excluding carboxylic acids is 1. The third-order valence-electron chi connectivity index (χ3n) is 2.57. The van der Waals surface area contributed by atoms with Crippen LogP contribution < -0.4 is 10.6 Å². The Morgan fingerprint density at radius 2 is 1.50 bits per heavy atom. The number of nitrogens with one attached hydrogen (secondary N) is 2. The number of carbonyl (C=O) groups is 1. The molecule has 1 atom stereocenters. The van der Waals surface area contributed by atoms with Crippen molar-refractivity contribution in [3.8, 4) is 0 Å². The van der Waals surface area contributed by atoms with E-state index < -0.39 is 0 Å². The second-order valence-corrected chi connectivity index (χ2v) is 4.05. The molecule has 92 valence electrons. The molecule has 1 unspecified atom stereocenters. The van der Waals surface area contributed by atoms with Crippen molar-refractivity contribution in [3.05, 3.63) is 66.2 Å². The molecule has 2 aromatic carbocycles. The lowest BCUT2D eigenvalue weighted by atomic mass is 10.1. The summed E-state index contributed by atoms with van der Waals surface area (Å²) in [6.07, 6.45) is -0.217. The molecule has 0 aliphatic heterocycles. The summed E-state index contributed by atoms with van der Waals surface area (Å²) in [5.41, 5.74) is 2.00. The molecule has 0 aromatic heterocycles. The molecule has 0 aliphatic rings. The Balaban J connectivity index is 2.18. The maximum atomic E-state index is 11.3. The highest BCUT2D eigenvalue weighted by atomic mass is 16.1. The molecule has 0 bridgehead atoms. The van der Waals surface area contributed by atoms with Crippen LogP contribution in [0.25, 0.3) is 0 Å². The minimum atomic E-state index is -0.217. The van der Waals surface area contributed by atoms with E-state index in [0.717, 1.165) is 11.3 Å². The van der Waals surface area contributed by atoms with Gasteiger partial charge < -0.3 is 10.6 Å². The molecule has 2 aromatic rings. The molecular weight excluding hydrogens is 224 g/mol. The van der Waals surface area contributed by atoms with Crippen LogP contribution in [-0.4, -0.2) is 5.91 Å².